The number of hydrogen-bond donors (Lipinski definition) is 0. The Morgan fingerprint density at radius 3 is 2.74 bits per heavy atom. The zero-order valence-electron chi connectivity index (χ0n) is 13.7. The highest BCUT2D eigenvalue weighted by Crippen LogP contribution is 2.18. The number of hydrogen-bond acceptors (Lipinski definition) is 5. The molecule has 2 rings (SSSR count). The van der Waals surface area contributed by atoms with Gasteiger partial charge in [-0.15, -0.1) is 0 Å². The molecule has 0 fully saturated rings. The number of rotatable bonds is 3. The number of carbonyl (C=O) groups excluding carboxylic acids is 2. The Morgan fingerprint density at radius 2 is 2.09 bits per heavy atom. The lowest BCUT2D eigenvalue weighted by Gasteiger charge is -2.19. The predicted molar refractivity (Wildman–Crippen MR) is 87.0 cm³/mol. The Balaban J connectivity index is 2.23. The molecule has 0 unspecified atom stereocenters. The van der Waals surface area contributed by atoms with Crippen molar-refractivity contribution in [2.75, 3.05) is 6.61 Å². The van der Waals surface area contributed by atoms with E-state index in [0.29, 0.717) is 17.8 Å². The van der Waals surface area contributed by atoms with Crippen LogP contribution in [0.15, 0.2) is 30.6 Å². The number of ether oxygens (including phenoxy) is 2. The van der Waals surface area contributed by atoms with Gasteiger partial charge in [-0.3, -0.25) is 9.55 Å². The summed E-state index contributed by atoms with van der Waals surface area (Å²) >= 11 is 0. The predicted octanol–water partition coefficient (Wildman–Crippen LogP) is 3.40. The van der Waals surface area contributed by atoms with Gasteiger partial charge in [0, 0.05) is 17.7 Å². The second kappa shape index (κ2) is 6.64. The third kappa shape index (κ3) is 4.42. The largest absolute Gasteiger partial charge is 0.463 e. The smallest absolute Gasteiger partial charge is 0.419 e. The normalized spacial score (nSPS) is 11.8. The average Bonchev–Trinajstić information content (AvgIpc) is 2.86. The first-order valence-electron chi connectivity index (χ1n) is 7.35. The number of esters is 1. The van der Waals surface area contributed by atoms with Crippen LogP contribution in [0.5, 0.6) is 0 Å². The van der Waals surface area contributed by atoms with E-state index in [4.69, 9.17) is 9.47 Å². The summed E-state index contributed by atoms with van der Waals surface area (Å²) in [7, 11) is 0. The topological polar surface area (TPSA) is 70.4 Å². The monoisotopic (exact) mass is 316 g/mol. The van der Waals surface area contributed by atoms with E-state index in [0.717, 1.165) is 5.39 Å². The van der Waals surface area contributed by atoms with Gasteiger partial charge >= 0.3 is 12.1 Å². The van der Waals surface area contributed by atoms with E-state index in [1.807, 2.05) is 20.8 Å². The minimum atomic E-state index is -0.566. The minimum Gasteiger partial charge on any atom is -0.463 e. The van der Waals surface area contributed by atoms with E-state index in [2.05, 4.69) is 4.98 Å². The van der Waals surface area contributed by atoms with Gasteiger partial charge in [0.15, 0.2) is 0 Å². The Labute approximate surface area is 134 Å². The van der Waals surface area contributed by atoms with Crippen molar-refractivity contribution in [3.8, 4) is 0 Å². The summed E-state index contributed by atoms with van der Waals surface area (Å²) in [5.41, 5.74) is 0.684. The van der Waals surface area contributed by atoms with Crippen LogP contribution >= 0.6 is 0 Å². The fourth-order valence-electron chi connectivity index (χ4n) is 1.96. The molecular weight excluding hydrogens is 296 g/mol. The molecular formula is C17H20N2O4. The van der Waals surface area contributed by atoms with E-state index in [1.165, 1.54) is 10.6 Å². The number of pyridine rings is 1. The highest BCUT2D eigenvalue weighted by atomic mass is 16.6. The lowest BCUT2D eigenvalue weighted by Crippen LogP contribution is -2.26. The Morgan fingerprint density at radius 1 is 1.35 bits per heavy atom. The summed E-state index contributed by atoms with van der Waals surface area (Å²) in [4.78, 5) is 27.7. The summed E-state index contributed by atoms with van der Waals surface area (Å²) in [6.07, 6.45) is 5.65. The van der Waals surface area contributed by atoms with Crippen molar-refractivity contribution in [2.24, 2.45) is 0 Å². The van der Waals surface area contributed by atoms with Crippen molar-refractivity contribution in [3.05, 3.63) is 36.3 Å². The van der Waals surface area contributed by atoms with Crippen LogP contribution in [0, 0.1) is 0 Å². The molecule has 2 aromatic heterocycles. The molecule has 6 heteroatoms. The molecule has 6 nitrogen and oxygen atoms in total. The van der Waals surface area contributed by atoms with Gasteiger partial charge in [-0.1, -0.05) is 0 Å². The zero-order chi connectivity index (χ0) is 17.0. The highest BCUT2D eigenvalue weighted by molar-refractivity contribution is 5.91. The molecule has 0 spiro atoms. The molecule has 23 heavy (non-hydrogen) atoms. The molecule has 0 N–H and O–H groups in total. The molecule has 0 aliphatic rings. The molecule has 0 radical (unpaired) electrons. The minimum absolute atomic E-state index is 0.328. The van der Waals surface area contributed by atoms with Crippen LogP contribution in [-0.4, -0.2) is 33.8 Å². The molecule has 0 aromatic carbocycles. The SMILES string of the molecule is CCOC(=O)/C=C/c1cc2ccn(C(=O)OC(C)(C)C)c2cn1. The molecule has 122 valence electrons. The molecule has 2 heterocycles. The maximum Gasteiger partial charge on any atom is 0.419 e. The van der Waals surface area contributed by atoms with Gasteiger partial charge < -0.3 is 9.47 Å². The third-order valence-electron chi connectivity index (χ3n) is 2.86. The summed E-state index contributed by atoms with van der Waals surface area (Å²) in [5.74, 6) is -0.416. The van der Waals surface area contributed by atoms with Crippen LogP contribution in [0.3, 0.4) is 0 Å². The lowest BCUT2D eigenvalue weighted by molar-refractivity contribution is -0.137. The summed E-state index contributed by atoms with van der Waals surface area (Å²) in [6.45, 7) is 7.51. The van der Waals surface area contributed by atoms with Gasteiger partial charge in [0.25, 0.3) is 0 Å². The number of nitrogens with zero attached hydrogens (tertiary/aromatic N) is 2. The standard InChI is InChI=1S/C17H20N2O4/c1-5-22-15(20)7-6-13-10-12-8-9-19(14(12)11-18-13)16(21)23-17(2,3)4/h6-11H,5H2,1-4H3/b7-6+. The van der Waals surface area contributed by atoms with Crippen LogP contribution in [-0.2, 0) is 14.3 Å². The number of fused-ring (bicyclic) bond motifs is 1. The van der Waals surface area contributed by atoms with Gasteiger partial charge in [-0.05, 0) is 45.9 Å². The van der Waals surface area contributed by atoms with Gasteiger partial charge in [-0.25, -0.2) is 9.59 Å². The van der Waals surface area contributed by atoms with Crippen molar-refractivity contribution in [2.45, 2.75) is 33.3 Å². The van der Waals surface area contributed by atoms with E-state index < -0.39 is 17.7 Å². The van der Waals surface area contributed by atoms with E-state index in [9.17, 15) is 9.59 Å². The lowest BCUT2D eigenvalue weighted by atomic mass is 10.2. The second-order valence-corrected chi connectivity index (χ2v) is 5.92. The van der Waals surface area contributed by atoms with Gasteiger partial charge in [0.1, 0.15) is 5.60 Å². The molecule has 0 amide bonds. The van der Waals surface area contributed by atoms with Crippen molar-refractivity contribution >= 4 is 29.0 Å². The summed E-state index contributed by atoms with van der Waals surface area (Å²) in [6, 6.07) is 3.58. The third-order valence-corrected chi connectivity index (χ3v) is 2.86. The van der Waals surface area contributed by atoms with Crippen LogP contribution in [0.1, 0.15) is 33.4 Å². The van der Waals surface area contributed by atoms with Crippen LogP contribution < -0.4 is 0 Å². The Hall–Kier alpha value is -2.63. The van der Waals surface area contributed by atoms with Gasteiger partial charge in [0.2, 0.25) is 0 Å². The highest BCUT2D eigenvalue weighted by Gasteiger charge is 2.19. The second-order valence-electron chi connectivity index (χ2n) is 5.92. The van der Waals surface area contributed by atoms with Crippen molar-refractivity contribution in [1.29, 1.82) is 0 Å². The van der Waals surface area contributed by atoms with E-state index >= 15 is 0 Å². The first-order chi connectivity index (χ1) is 10.8. The molecule has 0 aliphatic carbocycles. The van der Waals surface area contributed by atoms with Crippen molar-refractivity contribution in [1.82, 2.24) is 9.55 Å². The van der Waals surface area contributed by atoms with Crippen molar-refractivity contribution in [3.63, 3.8) is 0 Å². The quantitative estimate of drug-likeness (QED) is 0.641. The number of carbonyl (C=O) groups is 2. The first kappa shape index (κ1) is 16.7. The fourth-order valence-corrected chi connectivity index (χ4v) is 1.96. The maximum atomic E-state index is 12.1. The summed E-state index contributed by atoms with van der Waals surface area (Å²) < 4.78 is 11.6. The van der Waals surface area contributed by atoms with Crippen LogP contribution in [0.2, 0.25) is 0 Å². The van der Waals surface area contributed by atoms with E-state index in [1.54, 1.807) is 37.5 Å². The van der Waals surface area contributed by atoms with E-state index in [-0.39, 0.29) is 0 Å². The van der Waals surface area contributed by atoms with Crippen molar-refractivity contribution < 1.29 is 19.1 Å². The average molecular weight is 316 g/mol. The molecule has 0 aliphatic heterocycles. The Kier molecular flexibility index (Phi) is 4.83. The van der Waals surface area contributed by atoms with Crippen LogP contribution in [0.25, 0.3) is 17.0 Å². The maximum absolute atomic E-state index is 12.1. The molecule has 2 aromatic rings. The Bertz CT molecular complexity index is 754. The summed E-state index contributed by atoms with van der Waals surface area (Å²) in [5, 5.41) is 0.828. The van der Waals surface area contributed by atoms with Gasteiger partial charge in [0.05, 0.1) is 24.0 Å². The molecule has 0 atom stereocenters. The first-order valence-corrected chi connectivity index (χ1v) is 7.35. The van der Waals surface area contributed by atoms with Crippen LogP contribution in [0.4, 0.5) is 4.79 Å². The zero-order valence-corrected chi connectivity index (χ0v) is 13.7. The van der Waals surface area contributed by atoms with Gasteiger partial charge in [-0.2, -0.15) is 0 Å². The molecule has 0 saturated carbocycles. The fraction of sp³-hybridized carbons (Fsp3) is 0.353. The number of aromatic nitrogens is 2. The molecule has 0 saturated heterocycles. The molecule has 0 bridgehead atoms.